The molecule has 0 aliphatic carbocycles. The fourth-order valence-corrected chi connectivity index (χ4v) is 6.77. The summed E-state index contributed by atoms with van der Waals surface area (Å²) in [5, 5.41) is 10.2. The summed E-state index contributed by atoms with van der Waals surface area (Å²) in [6.45, 7) is 0. The van der Waals surface area contributed by atoms with Crippen molar-refractivity contribution in [1.29, 1.82) is 0 Å². The SMILES string of the molecule is c1ccc(-n2c3ccccc3c3ccc4c(c5ccccc5n4-c4ccc5c(ccc6ccccc65)c4)c32)cc1. The van der Waals surface area contributed by atoms with Gasteiger partial charge in [0.1, 0.15) is 0 Å². The van der Waals surface area contributed by atoms with Crippen molar-refractivity contribution in [1.82, 2.24) is 9.13 Å². The summed E-state index contributed by atoms with van der Waals surface area (Å²) < 4.78 is 4.88. The van der Waals surface area contributed by atoms with E-state index in [1.54, 1.807) is 0 Å². The van der Waals surface area contributed by atoms with E-state index in [-0.39, 0.29) is 0 Å². The molecule has 9 aromatic rings. The van der Waals surface area contributed by atoms with E-state index >= 15 is 0 Å². The van der Waals surface area contributed by atoms with Crippen LogP contribution >= 0.6 is 0 Å². The lowest BCUT2D eigenvalue weighted by Gasteiger charge is -2.11. The first-order valence-corrected chi connectivity index (χ1v) is 13.8. The van der Waals surface area contributed by atoms with Crippen molar-refractivity contribution in [2.24, 2.45) is 0 Å². The van der Waals surface area contributed by atoms with Crippen molar-refractivity contribution in [3.63, 3.8) is 0 Å². The summed E-state index contributed by atoms with van der Waals surface area (Å²) in [4.78, 5) is 0. The molecule has 0 unspecified atom stereocenters. The van der Waals surface area contributed by atoms with Crippen molar-refractivity contribution >= 4 is 65.2 Å². The summed E-state index contributed by atoms with van der Waals surface area (Å²) in [6.07, 6.45) is 0. The molecule has 2 heteroatoms. The molecular weight excluding hydrogens is 484 g/mol. The molecule has 186 valence electrons. The third-order valence-electron chi connectivity index (χ3n) is 8.47. The molecule has 2 aromatic heterocycles. The van der Waals surface area contributed by atoms with Gasteiger partial charge < -0.3 is 9.13 Å². The Bertz CT molecular complexity index is 2420. The molecule has 2 heterocycles. The molecule has 0 saturated heterocycles. The molecule has 0 atom stereocenters. The zero-order valence-corrected chi connectivity index (χ0v) is 21.8. The lowest BCUT2D eigenvalue weighted by molar-refractivity contribution is 1.18. The van der Waals surface area contributed by atoms with Crippen LogP contribution < -0.4 is 0 Å². The highest BCUT2D eigenvalue weighted by Gasteiger charge is 2.20. The summed E-state index contributed by atoms with van der Waals surface area (Å²) >= 11 is 0. The van der Waals surface area contributed by atoms with Crippen molar-refractivity contribution in [3.05, 3.63) is 146 Å². The minimum absolute atomic E-state index is 1.18. The second kappa shape index (κ2) is 8.08. The molecule has 0 amide bonds. The molecule has 0 fully saturated rings. The summed E-state index contributed by atoms with van der Waals surface area (Å²) in [5.41, 5.74) is 7.27. The number of aromatic nitrogens is 2. The van der Waals surface area contributed by atoms with Gasteiger partial charge in [-0.25, -0.2) is 0 Å². The Kier molecular flexibility index (Phi) is 4.36. The standard InChI is InChI=1S/C38H24N2/c1-2-11-27(12-3-1)40-34-16-8-6-14-31(34)32-22-23-36-37(38(32)40)33-15-7-9-17-35(33)39(36)28-20-21-30-26(24-28)19-18-25-10-4-5-13-29(25)30/h1-24H. The first kappa shape index (κ1) is 21.6. The maximum atomic E-state index is 2.44. The van der Waals surface area contributed by atoms with E-state index in [1.807, 2.05) is 0 Å². The largest absolute Gasteiger partial charge is 0.309 e. The highest BCUT2D eigenvalue weighted by atomic mass is 15.0. The first-order valence-electron chi connectivity index (χ1n) is 13.8. The Labute approximate surface area is 230 Å². The van der Waals surface area contributed by atoms with Crippen molar-refractivity contribution in [3.8, 4) is 11.4 Å². The highest BCUT2D eigenvalue weighted by Crippen LogP contribution is 2.42. The molecule has 0 spiro atoms. The summed E-state index contributed by atoms with van der Waals surface area (Å²) in [6, 6.07) is 53.0. The Balaban J connectivity index is 1.44. The van der Waals surface area contributed by atoms with Gasteiger partial charge in [0.2, 0.25) is 0 Å². The molecule has 0 aliphatic rings. The Morgan fingerprint density at radius 1 is 0.325 bits per heavy atom. The van der Waals surface area contributed by atoms with Gasteiger partial charge in [-0.1, -0.05) is 103 Å². The predicted octanol–water partition coefficient (Wildman–Crippen LogP) is 10.2. The third-order valence-corrected chi connectivity index (χ3v) is 8.47. The maximum absolute atomic E-state index is 2.44. The van der Waals surface area contributed by atoms with Crippen LogP contribution in [-0.2, 0) is 0 Å². The zero-order valence-electron chi connectivity index (χ0n) is 21.8. The number of fused-ring (bicyclic) bond motifs is 10. The second-order valence-corrected chi connectivity index (χ2v) is 10.6. The maximum Gasteiger partial charge on any atom is 0.0641 e. The fraction of sp³-hybridized carbons (Fsp3) is 0. The van der Waals surface area contributed by atoms with E-state index in [0.717, 1.165) is 0 Å². The van der Waals surface area contributed by atoms with E-state index in [4.69, 9.17) is 0 Å². The van der Waals surface area contributed by atoms with Gasteiger partial charge in [-0.2, -0.15) is 0 Å². The predicted molar refractivity (Wildman–Crippen MR) is 170 cm³/mol. The number of para-hydroxylation sites is 3. The monoisotopic (exact) mass is 508 g/mol. The van der Waals surface area contributed by atoms with Crippen LogP contribution in [0.2, 0.25) is 0 Å². The molecule has 7 aromatic carbocycles. The van der Waals surface area contributed by atoms with Crippen LogP contribution in [0.5, 0.6) is 0 Å². The van der Waals surface area contributed by atoms with Gasteiger partial charge in [-0.05, 0) is 64.0 Å². The molecule has 0 bridgehead atoms. The fourth-order valence-electron chi connectivity index (χ4n) is 6.77. The van der Waals surface area contributed by atoms with Crippen LogP contribution in [0.15, 0.2) is 146 Å². The van der Waals surface area contributed by atoms with Crippen LogP contribution in [0.4, 0.5) is 0 Å². The van der Waals surface area contributed by atoms with Crippen LogP contribution in [0, 0.1) is 0 Å². The number of rotatable bonds is 2. The van der Waals surface area contributed by atoms with E-state index in [2.05, 4.69) is 155 Å². The zero-order chi connectivity index (χ0) is 26.2. The second-order valence-electron chi connectivity index (χ2n) is 10.6. The van der Waals surface area contributed by atoms with Gasteiger partial charge in [-0.3, -0.25) is 0 Å². The molecule has 0 N–H and O–H groups in total. The minimum Gasteiger partial charge on any atom is -0.309 e. The van der Waals surface area contributed by atoms with Crippen LogP contribution in [0.1, 0.15) is 0 Å². The molecule has 40 heavy (non-hydrogen) atoms. The van der Waals surface area contributed by atoms with Crippen LogP contribution in [0.3, 0.4) is 0 Å². The van der Waals surface area contributed by atoms with E-state index in [0.29, 0.717) is 0 Å². The van der Waals surface area contributed by atoms with Crippen LogP contribution in [0.25, 0.3) is 76.5 Å². The average molecular weight is 509 g/mol. The van der Waals surface area contributed by atoms with E-state index < -0.39 is 0 Å². The van der Waals surface area contributed by atoms with Crippen LogP contribution in [-0.4, -0.2) is 9.13 Å². The summed E-state index contributed by atoms with van der Waals surface area (Å²) in [7, 11) is 0. The Morgan fingerprint density at radius 3 is 1.80 bits per heavy atom. The molecule has 2 nitrogen and oxygen atoms in total. The topological polar surface area (TPSA) is 9.86 Å². The highest BCUT2D eigenvalue weighted by molar-refractivity contribution is 6.26. The number of nitrogens with zero attached hydrogens (tertiary/aromatic N) is 2. The Morgan fingerprint density at radius 2 is 0.950 bits per heavy atom. The van der Waals surface area contributed by atoms with Gasteiger partial charge in [0, 0.05) is 32.9 Å². The van der Waals surface area contributed by atoms with Gasteiger partial charge in [-0.15, -0.1) is 0 Å². The molecule has 0 aliphatic heterocycles. The molecule has 9 rings (SSSR count). The van der Waals surface area contributed by atoms with Crippen molar-refractivity contribution in [2.45, 2.75) is 0 Å². The third kappa shape index (κ3) is 2.88. The lowest BCUT2D eigenvalue weighted by Crippen LogP contribution is -1.95. The first-order chi connectivity index (χ1) is 19.9. The minimum atomic E-state index is 1.18. The average Bonchev–Trinajstić information content (AvgIpc) is 3.54. The molecule has 0 saturated carbocycles. The number of benzene rings is 7. The lowest BCUT2D eigenvalue weighted by atomic mass is 10.0. The van der Waals surface area contributed by atoms with E-state index in [1.165, 1.54) is 76.5 Å². The number of hydrogen-bond acceptors (Lipinski definition) is 0. The Hall–Kier alpha value is -5.34. The van der Waals surface area contributed by atoms with Crippen molar-refractivity contribution < 1.29 is 0 Å². The number of hydrogen-bond donors (Lipinski definition) is 0. The van der Waals surface area contributed by atoms with Crippen molar-refractivity contribution in [2.75, 3.05) is 0 Å². The van der Waals surface area contributed by atoms with Gasteiger partial charge in [0.05, 0.1) is 22.1 Å². The van der Waals surface area contributed by atoms with E-state index in [9.17, 15) is 0 Å². The van der Waals surface area contributed by atoms with Gasteiger partial charge >= 0.3 is 0 Å². The molecular formula is C38H24N2. The normalized spacial score (nSPS) is 12.0. The summed E-state index contributed by atoms with van der Waals surface area (Å²) in [5.74, 6) is 0. The smallest absolute Gasteiger partial charge is 0.0641 e. The molecule has 0 radical (unpaired) electrons. The van der Waals surface area contributed by atoms with Gasteiger partial charge in [0.25, 0.3) is 0 Å². The van der Waals surface area contributed by atoms with Gasteiger partial charge in [0.15, 0.2) is 0 Å². The quantitative estimate of drug-likeness (QED) is 0.206.